The summed E-state index contributed by atoms with van der Waals surface area (Å²) < 4.78 is 0. The van der Waals surface area contributed by atoms with Crippen LogP contribution in [0.1, 0.15) is 37.9 Å². The number of hydrogen-bond acceptors (Lipinski definition) is 5. The number of nitrogens with zero attached hydrogens (tertiary/aromatic N) is 1. The van der Waals surface area contributed by atoms with Crippen LogP contribution < -0.4 is 16.0 Å². The first-order valence-corrected chi connectivity index (χ1v) is 9.13. The fourth-order valence-electron chi connectivity index (χ4n) is 3.00. The van der Waals surface area contributed by atoms with E-state index in [2.05, 4.69) is 59.2 Å². The number of amides is 1. The van der Waals surface area contributed by atoms with Gasteiger partial charge in [0.2, 0.25) is 5.91 Å². The molecule has 6 heteroatoms. The maximum Gasteiger partial charge on any atom is 0.220 e. The Morgan fingerprint density at radius 2 is 2.17 bits per heavy atom. The van der Waals surface area contributed by atoms with Gasteiger partial charge in [0.05, 0.1) is 5.69 Å². The Morgan fingerprint density at radius 3 is 2.92 bits per heavy atom. The Labute approximate surface area is 146 Å². The standard InChI is InChI=1S/C18H24N4OS/c1-12-6-4-5-7-14(12)21-17-20-13(11-24-17)10-19-15-8-9-16(23)22-18(15,2)3/h4-7,11,15,19H,8-10H2,1-3H3,(H,20,21)(H,22,23). The molecule has 1 aromatic carbocycles. The van der Waals surface area contributed by atoms with E-state index in [0.717, 1.165) is 22.9 Å². The number of thiazole rings is 1. The molecular formula is C18H24N4OS. The summed E-state index contributed by atoms with van der Waals surface area (Å²) >= 11 is 1.61. The molecule has 0 spiro atoms. The lowest BCUT2D eigenvalue weighted by Crippen LogP contribution is -2.60. The van der Waals surface area contributed by atoms with E-state index in [4.69, 9.17) is 0 Å². The van der Waals surface area contributed by atoms with Gasteiger partial charge in [-0.2, -0.15) is 0 Å². The van der Waals surface area contributed by atoms with Crippen LogP contribution in [-0.4, -0.2) is 22.5 Å². The van der Waals surface area contributed by atoms with Crippen LogP contribution in [0.2, 0.25) is 0 Å². The van der Waals surface area contributed by atoms with Crippen molar-refractivity contribution in [3.63, 3.8) is 0 Å². The van der Waals surface area contributed by atoms with Gasteiger partial charge >= 0.3 is 0 Å². The van der Waals surface area contributed by atoms with Crippen LogP contribution in [-0.2, 0) is 11.3 Å². The molecule has 1 aromatic heterocycles. The van der Waals surface area contributed by atoms with E-state index in [1.165, 1.54) is 5.56 Å². The number of benzene rings is 1. The molecule has 1 atom stereocenters. The topological polar surface area (TPSA) is 66.0 Å². The lowest BCUT2D eigenvalue weighted by Gasteiger charge is -2.39. The molecule has 1 unspecified atom stereocenters. The first-order chi connectivity index (χ1) is 11.4. The Hall–Kier alpha value is -1.92. The number of carbonyl (C=O) groups excluding carboxylic acids is 1. The second-order valence-electron chi connectivity index (χ2n) is 6.83. The third-order valence-electron chi connectivity index (χ3n) is 4.46. The van der Waals surface area contributed by atoms with Gasteiger partial charge in [0.1, 0.15) is 0 Å². The highest BCUT2D eigenvalue weighted by Gasteiger charge is 2.34. The van der Waals surface area contributed by atoms with E-state index in [1.807, 2.05) is 12.1 Å². The molecule has 3 rings (SSSR count). The largest absolute Gasteiger partial charge is 0.350 e. The Balaban J connectivity index is 1.58. The summed E-state index contributed by atoms with van der Waals surface area (Å²) in [6.45, 7) is 6.91. The fourth-order valence-corrected chi connectivity index (χ4v) is 3.73. The molecule has 3 N–H and O–H groups in total. The zero-order chi connectivity index (χ0) is 17.2. The smallest absolute Gasteiger partial charge is 0.220 e. The van der Waals surface area contributed by atoms with Crippen molar-refractivity contribution in [2.24, 2.45) is 0 Å². The molecule has 128 valence electrons. The van der Waals surface area contributed by atoms with Crippen LogP contribution in [0.25, 0.3) is 0 Å². The van der Waals surface area contributed by atoms with Crippen LogP contribution in [0.4, 0.5) is 10.8 Å². The van der Waals surface area contributed by atoms with Gasteiger partial charge in [-0.05, 0) is 38.8 Å². The predicted molar refractivity (Wildman–Crippen MR) is 98.7 cm³/mol. The van der Waals surface area contributed by atoms with E-state index in [1.54, 1.807) is 11.3 Å². The minimum atomic E-state index is -0.229. The molecule has 0 radical (unpaired) electrons. The van der Waals surface area contributed by atoms with Crippen LogP contribution in [0.3, 0.4) is 0 Å². The van der Waals surface area contributed by atoms with Crippen LogP contribution in [0.15, 0.2) is 29.6 Å². The molecule has 2 aromatic rings. The minimum Gasteiger partial charge on any atom is -0.350 e. The second-order valence-corrected chi connectivity index (χ2v) is 7.68. The highest BCUT2D eigenvalue weighted by atomic mass is 32.1. The van der Waals surface area contributed by atoms with Gasteiger partial charge < -0.3 is 16.0 Å². The van der Waals surface area contributed by atoms with E-state index in [0.29, 0.717) is 13.0 Å². The summed E-state index contributed by atoms with van der Waals surface area (Å²) in [7, 11) is 0. The van der Waals surface area contributed by atoms with Gasteiger partial charge in [0.15, 0.2) is 5.13 Å². The number of para-hydroxylation sites is 1. The number of carbonyl (C=O) groups is 1. The maximum atomic E-state index is 11.5. The SMILES string of the molecule is Cc1ccccc1Nc1nc(CNC2CCC(=O)NC2(C)C)cs1. The average molecular weight is 344 g/mol. The zero-order valence-corrected chi connectivity index (χ0v) is 15.2. The van der Waals surface area contributed by atoms with Gasteiger partial charge in [-0.25, -0.2) is 4.98 Å². The highest BCUT2D eigenvalue weighted by Crippen LogP contribution is 2.24. The van der Waals surface area contributed by atoms with Gasteiger partial charge in [-0.15, -0.1) is 11.3 Å². The summed E-state index contributed by atoms with van der Waals surface area (Å²) in [5.74, 6) is 0.136. The lowest BCUT2D eigenvalue weighted by atomic mass is 9.87. The Morgan fingerprint density at radius 1 is 1.38 bits per heavy atom. The Bertz CT molecular complexity index is 725. The van der Waals surface area contributed by atoms with Gasteiger partial charge in [-0.3, -0.25) is 4.79 Å². The molecule has 0 saturated carbocycles. The summed E-state index contributed by atoms with van der Waals surface area (Å²) in [5, 5.41) is 12.9. The summed E-state index contributed by atoms with van der Waals surface area (Å²) in [5.41, 5.74) is 3.08. The molecule has 1 fully saturated rings. The second kappa shape index (κ2) is 6.91. The van der Waals surface area contributed by atoms with Crippen molar-refractivity contribution in [1.29, 1.82) is 0 Å². The summed E-state index contributed by atoms with van der Waals surface area (Å²) in [4.78, 5) is 16.2. The number of anilines is 2. The number of piperidine rings is 1. The minimum absolute atomic E-state index is 0.136. The normalized spacial score (nSPS) is 19.8. The molecule has 0 bridgehead atoms. The number of aryl methyl sites for hydroxylation is 1. The Kier molecular flexibility index (Phi) is 4.87. The average Bonchev–Trinajstić information content (AvgIpc) is 2.95. The molecule has 0 aliphatic carbocycles. The molecule has 1 aliphatic heterocycles. The fraction of sp³-hybridized carbons (Fsp3) is 0.444. The molecule has 5 nitrogen and oxygen atoms in total. The number of nitrogens with one attached hydrogen (secondary N) is 3. The molecular weight excluding hydrogens is 320 g/mol. The number of rotatable bonds is 5. The zero-order valence-electron chi connectivity index (χ0n) is 14.3. The van der Waals surface area contributed by atoms with Crippen molar-refractivity contribution in [3.05, 3.63) is 40.9 Å². The van der Waals surface area contributed by atoms with Gasteiger partial charge in [0, 0.05) is 35.6 Å². The van der Waals surface area contributed by atoms with Crippen LogP contribution in [0.5, 0.6) is 0 Å². The highest BCUT2D eigenvalue weighted by molar-refractivity contribution is 7.13. The van der Waals surface area contributed by atoms with Crippen LogP contribution >= 0.6 is 11.3 Å². The quantitative estimate of drug-likeness (QED) is 0.778. The van der Waals surface area contributed by atoms with Crippen molar-refractivity contribution in [2.45, 2.75) is 51.7 Å². The van der Waals surface area contributed by atoms with Gasteiger partial charge in [0.25, 0.3) is 0 Å². The summed E-state index contributed by atoms with van der Waals surface area (Å²) in [6, 6.07) is 8.44. The monoisotopic (exact) mass is 344 g/mol. The van der Waals surface area contributed by atoms with Crippen LogP contribution in [0, 0.1) is 6.92 Å². The first kappa shape index (κ1) is 16.9. The first-order valence-electron chi connectivity index (χ1n) is 8.25. The van der Waals surface area contributed by atoms with Crippen molar-refractivity contribution in [3.8, 4) is 0 Å². The van der Waals surface area contributed by atoms with E-state index in [9.17, 15) is 4.79 Å². The van der Waals surface area contributed by atoms with Crippen molar-refractivity contribution in [2.75, 3.05) is 5.32 Å². The summed E-state index contributed by atoms with van der Waals surface area (Å²) in [6.07, 6.45) is 1.44. The maximum absolute atomic E-state index is 11.5. The van der Waals surface area contributed by atoms with Crippen molar-refractivity contribution in [1.82, 2.24) is 15.6 Å². The molecule has 1 saturated heterocycles. The van der Waals surface area contributed by atoms with E-state index in [-0.39, 0.29) is 17.5 Å². The third kappa shape index (κ3) is 3.94. The van der Waals surface area contributed by atoms with Crippen molar-refractivity contribution >= 4 is 28.1 Å². The third-order valence-corrected chi connectivity index (χ3v) is 5.27. The number of aromatic nitrogens is 1. The predicted octanol–water partition coefficient (Wildman–Crippen LogP) is 3.34. The van der Waals surface area contributed by atoms with E-state index < -0.39 is 0 Å². The molecule has 1 amide bonds. The van der Waals surface area contributed by atoms with E-state index >= 15 is 0 Å². The van der Waals surface area contributed by atoms with Crippen molar-refractivity contribution < 1.29 is 4.79 Å². The molecule has 2 heterocycles. The lowest BCUT2D eigenvalue weighted by molar-refractivity contribution is -0.125. The molecule has 1 aliphatic rings. The number of hydrogen-bond donors (Lipinski definition) is 3. The molecule has 24 heavy (non-hydrogen) atoms. The van der Waals surface area contributed by atoms with Gasteiger partial charge in [-0.1, -0.05) is 18.2 Å².